The van der Waals surface area contributed by atoms with E-state index in [1.807, 2.05) is 0 Å². The zero-order valence-electron chi connectivity index (χ0n) is 16.4. The van der Waals surface area contributed by atoms with Crippen LogP contribution in [0, 0.1) is 5.41 Å². The molecule has 0 spiro atoms. The van der Waals surface area contributed by atoms with Gasteiger partial charge in [-0.15, -0.1) is 0 Å². The van der Waals surface area contributed by atoms with Gasteiger partial charge in [0.05, 0.1) is 34.4 Å². The average Bonchev–Trinajstić information content (AvgIpc) is 2.83. The molecule has 1 amide bonds. The van der Waals surface area contributed by atoms with E-state index in [1.165, 1.54) is 69.5 Å². The molecule has 2 aromatic carbocycles. The third-order valence-electron chi connectivity index (χ3n) is 4.50. The van der Waals surface area contributed by atoms with E-state index in [1.54, 1.807) is 0 Å². The van der Waals surface area contributed by atoms with E-state index in [0.29, 0.717) is 4.31 Å². The maximum atomic E-state index is 12.7. The van der Waals surface area contributed by atoms with Crippen LogP contribution in [0.25, 0.3) is 0 Å². The molecule has 1 heterocycles. The van der Waals surface area contributed by atoms with Crippen LogP contribution in [-0.2, 0) is 29.6 Å². The Balaban J connectivity index is 1.87. The lowest BCUT2D eigenvalue weighted by atomic mass is 9.95. The number of carbonyl (C=O) groups is 2. The Hall–Kier alpha value is -2.92. The lowest BCUT2D eigenvalue weighted by Gasteiger charge is -2.17. The lowest BCUT2D eigenvalue weighted by molar-refractivity contribution is -0.123. The summed E-state index contributed by atoms with van der Waals surface area (Å²) in [5.41, 5.74) is -0.665. The van der Waals surface area contributed by atoms with Gasteiger partial charge in [0.2, 0.25) is 15.9 Å². The van der Waals surface area contributed by atoms with E-state index >= 15 is 0 Å². The normalized spacial score (nSPS) is 17.6. The zero-order valence-corrected chi connectivity index (χ0v) is 18.1. The fraction of sp³-hybridized carbons (Fsp3) is 0.263. The first-order valence-electron chi connectivity index (χ1n) is 8.76. The summed E-state index contributed by atoms with van der Waals surface area (Å²) in [4.78, 5) is 23.9. The molecular weight excluding hydrogens is 432 g/mol. The highest BCUT2D eigenvalue weighted by Crippen LogP contribution is 2.36. The second-order valence-corrected chi connectivity index (χ2v) is 10.9. The molecule has 3 rings (SSSR count). The van der Waals surface area contributed by atoms with Crippen molar-refractivity contribution >= 4 is 43.3 Å². The Morgan fingerprint density at radius 3 is 2.30 bits per heavy atom. The van der Waals surface area contributed by atoms with Crippen LogP contribution in [0.5, 0.6) is 0 Å². The lowest BCUT2D eigenvalue weighted by Crippen LogP contribution is -2.32. The molecule has 0 aromatic heterocycles. The molecule has 160 valence electrons. The topological polar surface area (TPSA) is 127 Å². The third kappa shape index (κ3) is 4.03. The summed E-state index contributed by atoms with van der Waals surface area (Å²) in [6, 6.07) is 10.7. The summed E-state index contributed by atoms with van der Waals surface area (Å²) in [5.74, 6) is -1.51. The number of carbonyl (C=O) groups excluding carboxylic acids is 2. The predicted molar refractivity (Wildman–Crippen MR) is 110 cm³/mol. The summed E-state index contributed by atoms with van der Waals surface area (Å²) < 4.78 is 57.7. The highest BCUT2D eigenvalue weighted by atomic mass is 32.2. The SMILES string of the molecule is COC(=O)c1cccc(NS(=O)(=O)c2ccc(N3C(=O)C(C)(C)CS3(=O)=O)cc2)c1. The Labute approximate surface area is 174 Å². The summed E-state index contributed by atoms with van der Waals surface area (Å²) in [7, 11) is -6.64. The number of esters is 1. The van der Waals surface area contributed by atoms with Crippen LogP contribution in [0.2, 0.25) is 0 Å². The van der Waals surface area contributed by atoms with Crippen molar-refractivity contribution in [3.63, 3.8) is 0 Å². The fourth-order valence-electron chi connectivity index (χ4n) is 3.06. The number of methoxy groups -OCH3 is 1. The zero-order chi connectivity index (χ0) is 22.3. The smallest absolute Gasteiger partial charge is 0.337 e. The van der Waals surface area contributed by atoms with Crippen molar-refractivity contribution < 1.29 is 31.2 Å². The molecule has 0 saturated carbocycles. The highest BCUT2D eigenvalue weighted by Gasteiger charge is 2.49. The van der Waals surface area contributed by atoms with Gasteiger partial charge in [-0.25, -0.2) is 25.9 Å². The first-order chi connectivity index (χ1) is 13.9. The number of ether oxygens (including phenoxy) is 1. The van der Waals surface area contributed by atoms with E-state index in [9.17, 15) is 26.4 Å². The predicted octanol–water partition coefficient (Wildman–Crippen LogP) is 1.98. The number of amides is 1. The number of hydrogen-bond acceptors (Lipinski definition) is 7. The molecule has 11 heteroatoms. The molecule has 0 bridgehead atoms. The number of rotatable bonds is 5. The van der Waals surface area contributed by atoms with Gasteiger partial charge in [-0.3, -0.25) is 9.52 Å². The van der Waals surface area contributed by atoms with Gasteiger partial charge in [0, 0.05) is 5.69 Å². The van der Waals surface area contributed by atoms with Crippen LogP contribution in [0.15, 0.2) is 53.4 Å². The maximum Gasteiger partial charge on any atom is 0.337 e. The van der Waals surface area contributed by atoms with Gasteiger partial charge in [-0.2, -0.15) is 0 Å². The second kappa shape index (κ2) is 7.40. The van der Waals surface area contributed by atoms with E-state index < -0.39 is 37.3 Å². The largest absolute Gasteiger partial charge is 0.465 e. The van der Waals surface area contributed by atoms with Gasteiger partial charge in [0.1, 0.15) is 0 Å². The Kier molecular flexibility index (Phi) is 5.37. The van der Waals surface area contributed by atoms with Crippen LogP contribution in [-0.4, -0.2) is 41.6 Å². The summed E-state index contributed by atoms with van der Waals surface area (Å²) in [6.45, 7) is 3.08. The van der Waals surface area contributed by atoms with Gasteiger partial charge in [0.15, 0.2) is 0 Å². The van der Waals surface area contributed by atoms with E-state index in [0.717, 1.165) is 0 Å². The highest BCUT2D eigenvalue weighted by molar-refractivity contribution is 7.94. The van der Waals surface area contributed by atoms with Crippen LogP contribution >= 0.6 is 0 Å². The molecule has 9 nitrogen and oxygen atoms in total. The van der Waals surface area contributed by atoms with E-state index in [2.05, 4.69) is 9.46 Å². The average molecular weight is 453 g/mol. The van der Waals surface area contributed by atoms with Crippen LogP contribution < -0.4 is 9.03 Å². The molecule has 1 fully saturated rings. The van der Waals surface area contributed by atoms with Crippen molar-refractivity contribution in [3.8, 4) is 0 Å². The van der Waals surface area contributed by atoms with Crippen molar-refractivity contribution in [2.75, 3.05) is 21.9 Å². The van der Waals surface area contributed by atoms with Crippen molar-refractivity contribution in [1.29, 1.82) is 0 Å². The Bertz CT molecular complexity index is 1220. The van der Waals surface area contributed by atoms with Crippen molar-refractivity contribution in [2.45, 2.75) is 18.7 Å². The minimum Gasteiger partial charge on any atom is -0.465 e. The van der Waals surface area contributed by atoms with Gasteiger partial charge < -0.3 is 4.74 Å². The first kappa shape index (κ1) is 21.8. The van der Waals surface area contributed by atoms with Gasteiger partial charge >= 0.3 is 5.97 Å². The minimum atomic E-state index is -4.02. The van der Waals surface area contributed by atoms with Crippen molar-refractivity contribution in [3.05, 3.63) is 54.1 Å². The quantitative estimate of drug-likeness (QED) is 0.687. The van der Waals surface area contributed by atoms with E-state index in [4.69, 9.17) is 0 Å². The number of benzene rings is 2. The fourth-order valence-corrected chi connectivity index (χ4v) is 6.22. The molecule has 0 aliphatic carbocycles. The van der Waals surface area contributed by atoms with Crippen LogP contribution in [0.1, 0.15) is 24.2 Å². The monoisotopic (exact) mass is 452 g/mol. The Morgan fingerprint density at radius 2 is 1.77 bits per heavy atom. The standard InChI is InChI=1S/C19H20N2O7S2/c1-19(2)12-29(24,25)21(18(19)23)15-7-9-16(10-8-15)30(26,27)20-14-6-4-5-13(11-14)17(22)28-3/h4-11,20H,12H2,1-3H3. The van der Waals surface area contributed by atoms with Crippen molar-refractivity contribution in [1.82, 2.24) is 0 Å². The Morgan fingerprint density at radius 1 is 1.13 bits per heavy atom. The van der Waals surface area contributed by atoms with E-state index in [-0.39, 0.29) is 27.6 Å². The second-order valence-electron chi connectivity index (χ2n) is 7.38. The molecule has 30 heavy (non-hydrogen) atoms. The summed E-state index contributed by atoms with van der Waals surface area (Å²) >= 11 is 0. The molecule has 0 unspecified atom stereocenters. The number of sulfonamides is 2. The van der Waals surface area contributed by atoms with Gasteiger partial charge in [-0.1, -0.05) is 6.07 Å². The number of nitrogens with zero attached hydrogens (tertiary/aromatic N) is 1. The molecule has 1 N–H and O–H groups in total. The molecule has 1 aliphatic heterocycles. The van der Waals surface area contributed by atoms with Crippen LogP contribution in [0.3, 0.4) is 0 Å². The molecule has 0 atom stereocenters. The van der Waals surface area contributed by atoms with Gasteiger partial charge in [-0.05, 0) is 56.3 Å². The first-order valence-corrected chi connectivity index (χ1v) is 11.9. The van der Waals surface area contributed by atoms with Crippen molar-refractivity contribution in [2.24, 2.45) is 5.41 Å². The number of hydrogen-bond donors (Lipinski definition) is 1. The minimum absolute atomic E-state index is 0.0669. The molecule has 0 radical (unpaired) electrons. The molecule has 1 aliphatic rings. The molecule has 1 saturated heterocycles. The summed E-state index contributed by atoms with van der Waals surface area (Å²) in [6.07, 6.45) is 0. The number of nitrogens with one attached hydrogen (secondary N) is 1. The molecule has 2 aromatic rings. The molecular formula is C19H20N2O7S2. The number of anilines is 2. The van der Waals surface area contributed by atoms with Crippen LogP contribution in [0.4, 0.5) is 11.4 Å². The summed E-state index contributed by atoms with van der Waals surface area (Å²) in [5, 5.41) is 0. The maximum absolute atomic E-state index is 12.7. The third-order valence-corrected chi connectivity index (χ3v) is 7.92. The van der Waals surface area contributed by atoms with Gasteiger partial charge in [0.25, 0.3) is 10.0 Å².